The van der Waals surface area contributed by atoms with E-state index >= 15 is 0 Å². The number of nitrogens with zero attached hydrogens (tertiary/aromatic N) is 1. The van der Waals surface area contributed by atoms with E-state index < -0.39 is 5.82 Å². The van der Waals surface area contributed by atoms with Gasteiger partial charge in [-0.2, -0.15) is 0 Å². The smallest absolute Gasteiger partial charge is 0.225 e. The molecule has 1 amide bonds. The monoisotopic (exact) mass is 342 g/mol. The average molecular weight is 342 g/mol. The van der Waals surface area contributed by atoms with Crippen LogP contribution in [0.15, 0.2) is 48.5 Å². The number of hydrogen-bond donors (Lipinski definition) is 1. The van der Waals surface area contributed by atoms with Crippen LogP contribution in [-0.4, -0.2) is 30.5 Å². The van der Waals surface area contributed by atoms with E-state index in [1.54, 1.807) is 25.3 Å². The van der Waals surface area contributed by atoms with E-state index in [1.165, 1.54) is 24.5 Å². The van der Waals surface area contributed by atoms with Gasteiger partial charge in [0, 0.05) is 25.6 Å². The van der Waals surface area contributed by atoms with Crippen LogP contribution in [0.25, 0.3) is 0 Å². The molecule has 2 aromatic carbocycles. The zero-order valence-corrected chi connectivity index (χ0v) is 14.4. The molecule has 0 saturated heterocycles. The van der Waals surface area contributed by atoms with Crippen molar-refractivity contribution < 1.29 is 13.9 Å². The second-order valence-electron chi connectivity index (χ2n) is 6.33. The summed E-state index contributed by atoms with van der Waals surface area (Å²) in [6.07, 6.45) is 2.69. The minimum Gasteiger partial charge on any atom is -0.497 e. The van der Waals surface area contributed by atoms with Gasteiger partial charge >= 0.3 is 0 Å². The Hall–Kier alpha value is -2.40. The summed E-state index contributed by atoms with van der Waals surface area (Å²) in [5, 5.41) is 2.65. The number of para-hydroxylation sites is 1. The number of carbonyl (C=O) groups excluding carboxylic acids is 1. The topological polar surface area (TPSA) is 41.6 Å². The zero-order chi connectivity index (χ0) is 17.6. The maximum absolute atomic E-state index is 13.6. The summed E-state index contributed by atoms with van der Waals surface area (Å²) in [4.78, 5) is 14.4. The fourth-order valence-electron chi connectivity index (χ4n) is 2.82. The fourth-order valence-corrected chi connectivity index (χ4v) is 2.82. The van der Waals surface area contributed by atoms with Crippen molar-refractivity contribution in [3.05, 3.63) is 59.9 Å². The van der Waals surface area contributed by atoms with Crippen molar-refractivity contribution in [2.45, 2.75) is 31.8 Å². The Bertz CT molecular complexity index is 714. The summed E-state index contributed by atoms with van der Waals surface area (Å²) in [7, 11) is 1.65. The summed E-state index contributed by atoms with van der Waals surface area (Å²) in [6.45, 7) is 1.47. The van der Waals surface area contributed by atoms with Crippen LogP contribution in [0.3, 0.4) is 0 Å². The first-order chi connectivity index (χ1) is 12.2. The number of rotatable bonds is 8. The lowest BCUT2D eigenvalue weighted by atomic mass is 10.2. The summed E-state index contributed by atoms with van der Waals surface area (Å²) in [5.74, 6) is 0.268. The Balaban J connectivity index is 1.53. The Morgan fingerprint density at radius 2 is 1.92 bits per heavy atom. The first-order valence-electron chi connectivity index (χ1n) is 8.57. The van der Waals surface area contributed by atoms with Gasteiger partial charge in [0.15, 0.2) is 0 Å². The van der Waals surface area contributed by atoms with Crippen LogP contribution in [-0.2, 0) is 11.3 Å². The maximum Gasteiger partial charge on any atom is 0.225 e. The third kappa shape index (κ3) is 5.03. The van der Waals surface area contributed by atoms with Gasteiger partial charge in [-0.15, -0.1) is 0 Å². The average Bonchev–Trinajstić information content (AvgIpc) is 3.46. The lowest BCUT2D eigenvalue weighted by Gasteiger charge is -2.22. The van der Waals surface area contributed by atoms with E-state index in [4.69, 9.17) is 4.74 Å². The van der Waals surface area contributed by atoms with Crippen LogP contribution in [0.2, 0.25) is 0 Å². The van der Waals surface area contributed by atoms with Crippen molar-refractivity contribution in [3.63, 3.8) is 0 Å². The van der Waals surface area contributed by atoms with E-state index in [0.717, 1.165) is 12.3 Å². The quantitative estimate of drug-likeness (QED) is 0.793. The molecule has 132 valence electrons. The second-order valence-corrected chi connectivity index (χ2v) is 6.33. The number of carbonyl (C=O) groups is 1. The number of halogens is 1. The highest BCUT2D eigenvalue weighted by Crippen LogP contribution is 2.28. The van der Waals surface area contributed by atoms with Crippen molar-refractivity contribution in [3.8, 4) is 5.75 Å². The van der Waals surface area contributed by atoms with E-state index in [2.05, 4.69) is 10.2 Å². The molecule has 1 aliphatic rings. The molecule has 0 aromatic heterocycles. The Morgan fingerprint density at radius 1 is 1.20 bits per heavy atom. The minimum absolute atomic E-state index is 0.162. The van der Waals surface area contributed by atoms with Crippen molar-refractivity contribution in [2.24, 2.45) is 0 Å². The van der Waals surface area contributed by atoms with Gasteiger partial charge in [0.25, 0.3) is 0 Å². The molecule has 2 aromatic rings. The van der Waals surface area contributed by atoms with Gasteiger partial charge in [-0.3, -0.25) is 9.69 Å². The minimum atomic E-state index is -0.409. The Labute approximate surface area is 147 Å². The first-order valence-corrected chi connectivity index (χ1v) is 8.57. The maximum atomic E-state index is 13.6. The van der Waals surface area contributed by atoms with Crippen LogP contribution in [0, 0.1) is 5.82 Å². The molecule has 1 aliphatic carbocycles. The molecule has 0 aliphatic heterocycles. The molecule has 1 saturated carbocycles. The van der Waals surface area contributed by atoms with Crippen LogP contribution in [0.1, 0.15) is 24.8 Å². The molecule has 5 heteroatoms. The predicted octanol–water partition coefficient (Wildman–Crippen LogP) is 3.83. The molecule has 1 N–H and O–H groups in total. The van der Waals surface area contributed by atoms with Gasteiger partial charge in [0.2, 0.25) is 5.91 Å². The van der Waals surface area contributed by atoms with Crippen molar-refractivity contribution in [1.29, 1.82) is 0 Å². The van der Waals surface area contributed by atoms with Crippen LogP contribution < -0.4 is 10.1 Å². The van der Waals surface area contributed by atoms with Crippen LogP contribution in [0.5, 0.6) is 5.75 Å². The molecule has 25 heavy (non-hydrogen) atoms. The summed E-state index contributed by atoms with van der Waals surface area (Å²) in [5.41, 5.74) is 1.43. The summed E-state index contributed by atoms with van der Waals surface area (Å²) in [6, 6.07) is 14.8. The van der Waals surface area contributed by atoms with Crippen LogP contribution in [0.4, 0.5) is 10.1 Å². The molecule has 0 bridgehead atoms. The molecule has 4 nitrogen and oxygen atoms in total. The van der Waals surface area contributed by atoms with Gasteiger partial charge in [-0.1, -0.05) is 24.3 Å². The highest BCUT2D eigenvalue weighted by Gasteiger charge is 2.29. The predicted molar refractivity (Wildman–Crippen MR) is 96.1 cm³/mol. The first kappa shape index (κ1) is 17.4. The van der Waals surface area contributed by atoms with E-state index in [1.807, 2.05) is 24.3 Å². The lowest BCUT2D eigenvalue weighted by molar-refractivity contribution is -0.116. The number of hydrogen-bond acceptors (Lipinski definition) is 3. The van der Waals surface area contributed by atoms with E-state index in [9.17, 15) is 9.18 Å². The van der Waals surface area contributed by atoms with Gasteiger partial charge < -0.3 is 10.1 Å². The third-order valence-corrected chi connectivity index (χ3v) is 4.38. The molecule has 1 fully saturated rings. The number of nitrogens with one attached hydrogen (secondary N) is 1. The Kier molecular flexibility index (Phi) is 5.66. The Morgan fingerprint density at radius 3 is 2.56 bits per heavy atom. The number of ether oxygens (including phenoxy) is 1. The molecule has 0 radical (unpaired) electrons. The molecule has 0 atom stereocenters. The second kappa shape index (κ2) is 8.12. The molecular formula is C20H23FN2O2. The summed E-state index contributed by atoms with van der Waals surface area (Å²) >= 11 is 0. The molecule has 0 spiro atoms. The van der Waals surface area contributed by atoms with Gasteiger partial charge in [-0.05, 0) is 42.7 Å². The number of amides is 1. The van der Waals surface area contributed by atoms with E-state index in [-0.39, 0.29) is 11.6 Å². The molecular weight excluding hydrogens is 319 g/mol. The van der Waals surface area contributed by atoms with Gasteiger partial charge in [0.1, 0.15) is 11.6 Å². The SMILES string of the molecule is COc1ccc(CN(CCC(=O)Nc2ccccc2F)C2CC2)cc1. The number of benzene rings is 2. The van der Waals surface area contributed by atoms with Gasteiger partial charge in [0.05, 0.1) is 12.8 Å². The van der Waals surface area contributed by atoms with Crippen molar-refractivity contribution in [2.75, 3.05) is 19.0 Å². The van der Waals surface area contributed by atoms with Gasteiger partial charge in [-0.25, -0.2) is 4.39 Å². The zero-order valence-electron chi connectivity index (χ0n) is 14.4. The number of methoxy groups -OCH3 is 1. The highest BCUT2D eigenvalue weighted by atomic mass is 19.1. The lowest BCUT2D eigenvalue weighted by Crippen LogP contribution is -2.29. The van der Waals surface area contributed by atoms with Crippen molar-refractivity contribution in [1.82, 2.24) is 4.90 Å². The van der Waals surface area contributed by atoms with Crippen LogP contribution >= 0.6 is 0 Å². The van der Waals surface area contributed by atoms with Crippen molar-refractivity contribution >= 4 is 11.6 Å². The molecule has 0 heterocycles. The molecule has 0 unspecified atom stereocenters. The van der Waals surface area contributed by atoms with E-state index in [0.29, 0.717) is 19.0 Å². The summed E-state index contributed by atoms with van der Waals surface area (Å²) < 4.78 is 18.8. The largest absolute Gasteiger partial charge is 0.497 e. The third-order valence-electron chi connectivity index (χ3n) is 4.38. The molecule has 3 rings (SSSR count). The standard InChI is InChI=1S/C20H23FN2O2/c1-25-17-10-6-15(7-11-17)14-23(16-8-9-16)13-12-20(24)22-19-5-3-2-4-18(19)21/h2-7,10-11,16H,8-9,12-14H2,1H3,(H,22,24). The normalized spacial score (nSPS) is 13.7. The number of anilines is 1. The highest BCUT2D eigenvalue weighted by molar-refractivity contribution is 5.90. The fraction of sp³-hybridized carbons (Fsp3) is 0.350.